The number of amides is 2. The van der Waals surface area contributed by atoms with E-state index in [-0.39, 0.29) is 11.6 Å². The van der Waals surface area contributed by atoms with E-state index in [4.69, 9.17) is 0 Å². The van der Waals surface area contributed by atoms with Gasteiger partial charge in [0, 0.05) is 38.1 Å². The van der Waals surface area contributed by atoms with Crippen LogP contribution in [0.4, 0.5) is 16.3 Å². The molecule has 1 fully saturated rings. The molecule has 35 heavy (non-hydrogen) atoms. The Morgan fingerprint density at radius 1 is 0.943 bits per heavy atom. The molecule has 0 saturated carbocycles. The molecule has 3 heterocycles. The van der Waals surface area contributed by atoms with Crippen LogP contribution in [0.3, 0.4) is 0 Å². The lowest BCUT2D eigenvalue weighted by Crippen LogP contribution is -2.51. The Balaban J connectivity index is 1.36. The Kier molecular flexibility index (Phi) is 6.18. The zero-order valence-electron chi connectivity index (χ0n) is 19.9. The van der Waals surface area contributed by atoms with Gasteiger partial charge in [-0.15, -0.1) is 0 Å². The fourth-order valence-electron chi connectivity index (χ4n) is 4.34. The van der Waals surface area contributed by atoms with E-state index in [9.17, 15) is 9.59 Å². The van der Waals surface area contributed by atoms with Gasteiger partial charge >= 0.3 is 6.03 Å². The maximum Gasteiger partial charge on any atom is 0.321 e. The highest BCUT2D eigenvalue weighted by Gasteiger charge is 2.25. The first kappa shape index (κ1) is 22.6. The smallest absolute Gasteiger partial charge is 0.321 e. The van der Waals surface area contributed by atoms with Crippen LogP contribution in [-0.2, 0) is 6.54 Å². The van der Waals surface area contributed by atoms with E-state index >= 15 is 0 Å². The monoisotopic (exact) mass is 468 g/mol. The van der Waals surface area contributed by atoms with Crippen LogP contribution in [0.15, 0.2) is 71.7 Å². The predicted molar refractivity (Wildman–Crippen MR) is 138 cm³/mol. The van der Waals surface area contributed by atoms with Gasteiger partial charge in [-0.05, 0) is 49.2 Å². The lowest BCUT2D eigenvalue weighted by atomic mass is 10.1. The normalized spacial score (nSPS) is 13.8. The molecule has 1 aliphatic heterocycles. The van der Waals surface area contributed by atoms with E-state index in [1.807, 2.05) is 79.4 Å². The second-order valence-corrected chi connectivity index (χ2v) is 8.93. The summed E-state index contributed by atoms with van der Waals surface area (Å²) in [7, 11) is 0. The minimum Gasteiger partial charge on any atom is -0.348 e. The molecule has 8 nitrogen and oxygen atoms in total. The molecule has 8 heteroatoms. The molecule has 0 spiro atoms. The zero-order chi connectivity index (χ0) is 24.4. The number of aromatic nitrogens is 3. The van der Waals surface area contributed by atoms with Crippen LogP contribution in [0.2, 0.25) is 0 Å². The van der Waals surface area contributed by atoms with Gasteiger partial charge in [-0.25, -0.2) is 14.8 Å². The number of benzene rings is 2. The van der Waals surface area contributed by atoms with Gasteiger partial charge in [-0.3, -0.25) is 9.36 Å². The van der Waals surface area contributed by atoms with Crippen LogP contribution in [0.5, 0.6) is 0 Å². The SMILES string of the molecule is Cc1ccc(Cn2c(=O)c(N3CCN(C(=O)Nc4cccc(C)c4)CC3)nc3cccnc32)cc1. The molecule has 0 radical (unpaired) electrons. The Morgan fingerprint density at radius 3 is 2.46 bits per heavy atom. The summed E-state index contributed by atoms with van der Waals surface area (Å²) in [5.41, 5.74) is 5.14. The van der Waals surface area contributed by atoms with Gasteiger partial charge in [0.25, 0.3) is 5.56 Å². The second-order valence-electron chi connectivity index (χ2n) is 8.93. The fraction of sp³-hybridized carbons (Fsp3) is 0.259. The number of pyridine rings is 1. The number of aryl methyl sites for hydroxylation is 2. The molecular weight excluding hydrogens is 440 g/mol. The van der Waals surface area contributed by atoms with Crippen LogP contribution in [0.1, 0.15) is 16.7 Å². The zero-order valence-corrected chi connectivity index (χ0v) is 19.9. The molecule has 0 bridgehead atoms. The summed E-state index contributed by atoms with van der Waals surface area (Å²) in [5.74, 6) is 0.399. The maximum atomic E-state index is 13.6. The molecule has 2 aromatic heterocycles. The summed E-state index contributed by atoms with van der Waals surface area (Å²) in [6.45, 7) is 6.51. The molecule has 2 amide bonds. The molecule has 0 aliphatic carbocycles. The molecule has 0 unspecified atom stereocenters. The molecule has 1 aliphatic rings. The van der Waals surface area contributed by atoms with Gasteiger partial charge in [0.1, 0.15) is 5.52 Å². The van der Waals surface area contributed by atoms with Crippen molar-refractivity contribution in [3.05, 3.63) is 93.9 Å². The Bertz CT molecular complexity index is 1420. The number of hydrogen-bond acceptors (Lipinski definition) is 5. The first-order valence-electron chi connectivity index (χ1n) is 11.8. The maximum absolute atomic E-state index is 13.6. The van der Waals surface area contributed by atoms with Crippen LogP contribution in [-0.4, -0.2) is 51.6 Å². The Hall–Kier alpha value is -4.20. The van der Waals surface area contributed by atoms with Crippen LogP contribution in [0, 0.1) is 13.8 Å². The molecule has 1 N–H and O–H groups in total. The highest BCUT2D eigenvalue weighted by molar-refractivity contribution is 5.89. The minimum atomic E-state index is -0.172. The van der Waals surface area contributed by atoms with Crippen molar-refractivity contribution in [3.8, 4) is 0 Å². The number of hydrogen-bond donors (Lipinski definition) is 1. The first-order valence-corrected chi connectivity index (χ1v) is 11.8. The molecule has 1 saturated heterocycles. The molecular formula is C27H28N6O2. The molecule has 4 aromatic rings. The minimum absolute atomic E-state index is 0.136. The van der Waals surface area contributed by atoms with E-state index in [0.29, 0.717) is 49.7 Å². The second kappa shape index (κ2) is 9.58. The number of fused-ring (bicyclic) bond motifs is 1. The van der Waals surface area contributed by atoms with Crippen LogP contribution >= 0.6 is 0 Å². The van der Waals surface area contributed by atoms with Crippen molar-refractivity contribution in [1.29, 1.82) is 0 Å². The number of carbonyl (C=O) groups excluding carboxylic acids is 1. The first-order chi connectivity index (χ1) is 17.0. The third kappa shape index (κ3) is 4.87. The number of nitrogens with zero attached hydrogens (tertiary/aromatic N) is 5. The number of rotatable bonds is 4. The van der Waals surface area contributed by atoms with Crippen molar-refractivity contribution in [3.63, 3.8) is 0 Å². The number of anilines is 2. The van der Waals surface area contributed by atoms with E-state index in [2.05, 4.69) is 15.3 Å². The van der Waals surface area contributed by atoms with Gasteiger partial charge in [0.2, 0.25) is 0 Å². The van der Waals surface area contributed by atoms with Crippen molar-refractivity contribution < 1.29 is 4.79 Å². The third-order valence-corrected chi connectivity index (χ3v) is 6.28. The summed E-state index contributed by atoms with van der Waals surface area (Å²) in [4.78, 5) is 39.2. The van der Waals surface area contributed by atoms with E-state index < -0.39 is 0 Å². The lowest BCUT2D eigenvalue weighted by Gasteiger charge is -2.35. The Labute approximate surface area is 203 Å². The number of piperazine rings is 1. The van der Waals surface area contributed by atoms with Gasteiger partial charge in [0.05, 0.1) is 6.54 Å². The number of carbonyl (C=O) groups is 1. The van der Waals surface area contributed by atoms with Crippen molar-refractivity contribution in [2.24, 2.45) is 0 Å². The van der Waals surface area contributed by atoms with Crippen LogP contribution < -0.4 is 15.8 Å². The lowest BCUT2D eigenvalue weighted by molar-refractivity contribution is 0.208. The van der Waals surface area contributed by atoms with Crippen molar-refractivity contribution in [2.75, 3.05) is 36.4 Å². The number of nitrogens with one attached hydrogen (secondary N) is 1. The van der Waals surface area contributed by atoms with Crippen molar-refractivity contribution in [1.82, 2.24) is 19.4 Å². The topological polar surface area (TPSA) is 83.4 Å². The van der Waals surface area contributed by atoms with Crippen molar-refractivity contribution in [2.45, 2.75) is 20.4 Å². The van der Waals surface area contributed by atoms with Crippen LogP contribution in [0.25, 0.3) is 11.2 Å². The van der Waals surface area contributed by atoms with Crippen molar-refractivity contribution >= 4 is 28.7 Å². The largest absolute Gasteiger partial charge is 0.348 e. The summed E-state index contributed by atoms with van der Waals surface area (Å²) in [6.07, 6.45) is 1.68. The fourth-order valence-corrected chi connectivity index (χ4v) is 4.34. The highest BCUT2D eigenvalue weighted by Crippen LogP contribution is 2.17. The van der Waals surface area contributed by atoms with Gasteiger partial charge in [0.15, 0.2) is 11.5 Å². The summed E-state index contributed by atoms with van der Waals surface area (Å²) < 4.78 is 1.69. The van der Waals surface area contributed by atoms with Gasteiger partial charge in [-0.2, -0.15) is 0 Å². The highest BCUT2D eigenvalue weighted by atomic mass is 16.2. The average molecular weight is 469 g/mol. The van der Waals surface area contributed by atoms with E-state index in [0.717, 1.165) is 16.8 Å². The molecule has 0 atom stereocenters. The summed E-state index contributed by atoms with van der Waals surface area (Å²) >= 11 is 0. The Morgan fingerprint density at radius 2 is 1.71 bits per heavy atom. The van der Waals surface area contributed by atoms with E-state index in [1.165, 1.54) is 5.56 Å². The van der Waals surface area contributed by atoms with Gasteiger partial charge < -0.3 is 15.1 Å². The summed E-state index contributed by atoms with van der Waals surface area (Å²) in [6, 6.07) is 19.4. The predicted octanol–water partition coefficient (Wildman–Crippen LogP) is 3.81. The standard InChI is InChI=1S/C27H28N6O2/c1-19-8-10-21(11-9-19)18-33-24-23(7-4-12-28-24)30-25(26(33)34)31-13-15-32(16-14-31)27(35)29-22-6-3-5-20(2)17-22/h3-12,17H,13-16,18H2,1-2H3,(H,29,35). The van der Waals surface area contributed by atoms with Gasteiger partial charge in [-0.1, -0.05) is 42.0 Å². The molecule has 2 aromatic carbocycles. The quantitative estimate of drug-likeness (QED) is 0.493. The molecule has 5 rings (SSSR count). The van der Waals surface area contributed by atoms with E-state index in [1.54, 1.807) is 15.7 Å². The summed E-state index contributed by atoms with van der Waals surface area (Å²) in [5, 5.41) is 2.96. The number of urea groups is 1. The third-order valence-electron chi connectivity index (χ3n) is 6.28. The molecule has 178 valence electrons. The average Bonchev–Trinajstić information content (AvgIpc) is 2.87.